The zero-order valence-corrected chi connectivity index (χ0v) is 18.2. The highest BCUT2D eigenvalue weighted by Gasteiger charge is 2.14. The molecule has 0 saturated carbocycles. The van der Waals surface area contributed by atoms with Crippen LogP contribution in [0.5, 0.6) is 11.5 Å². The predicted octanol–water partition coefficient (Wildman–Crippen LogP) is 5.02. The number of carbonyl (C=O) groups is 1. The number of benzene rings is 2. The number of carbonyl (C=O) groups excluding carboxylic acids is 1. The number of imidazole rings is 1. The van der Waals surface area contributed by atoms with Crippen LogP contribution < -0.4 is 14.8 Å². The summed E-state index contributed by atoms with van der Waals surface area (Å²) in [6.07, 6.45) is 2.19. The van der Waals surface area contributed by atoms with E-state index < -0.39 is 0 Å². The molecule has 6 nitrogen and oxygen atoms in total. The summed E-state index contributed by atoms with van der Waals surface area (Å²) in [5.41, 5.74) is 3.40. The highest BCUT2D eigenvalue weighted by molar-refractivity contribution is 9.10. The molecule has 0 aliphatic rings. The van der Waals surface area contributed by atoms with Gasteiger partial charge in [-0.1, -0.05) is 28.1 Å². The highest BCUT2D eigenvalue weighted by atomic mass is 79.9. The van der Waals surface area contributed by atoms with Gasteiger partial charge in [0.2, 0.25) is 5.91 Å². The van der Waals surface area contributed by atoms with Crippen molar-refractivity contribution in [1.82, 2.24) is 9.38 Å². The molecule has 0 saturated heterocycles. The number of aromatic nitrogens is 2. The minimum Gasteiger partial charge on any atom is -0.497 e. The van der Waals surface area contributed by atoms with Gasteiger partial charge in [0.1, 0.15) is 11.5 Å². The Balaban J connectivity index is 1.54. The molecule has 0 atom stereocenters. The Bertz CT molecular complexity index is 1160. The van der Waals surface area contributed by atoms with Crippen molar-refractivity contribution in [2.24, 2.45) is 0 Å². The lowest BCUT2D eigenvalue weighted by Crippen LogP contribution is -2.15. The maximum atomic E-state index is 12.6. The van der Waals surface area contributed by atoms with Crippen molar-refractivity contribution in [2.75, 3.05) is 19.5 Å². The van der Waals surface area contributed by atoms with Gasteiger partial charge in [-0.3, -0.25) is 9.20 Å². The van der Waals surface area contributed by atoms with Crippen LogP contribution in [-0.2, 0) is 11.2 Å². The molecule has 0 radical (unpaired) electrons. The molecule has 0 spiro atoms. The zero-order chi connectivity index (χ0) is 20.4. The van der Waals surface area contributed by atoms with Crippen LogP contribution in [0.15, 0.2) is 58.5 Å². The van der Waals surface area contributed by atoms with E-state index in [1.54, 1.807) is 32.4 Å². The number of thiazole rings is 1. The third-order valence-electron chi connectivity index (χ3n) is 4.38. The first-order valence-corrected chi connectivity index (χ1v) is 10.5. The van der Waals surface area contributed by atoms with Crippen LogP contribution in [0.25, 0.3) is 16.2 Å². The van der Waals surface area contributed by atoms with Gasteiger partial charge in [0.05, 0.1) is 26.3 Å². The van der Waals surface area contributed by atoms with E-state index in [-0.39, 0.29) is 12.3 Å². The summed E-state index contributed by atoms with van der Waals surface area (Å²) in [4.78, 5) is 18.1. The molecule has 2 aromatic heterocycles. The summed E-state index contributed by atoms with van der Waals surface area (Å²) in [6, 6.07) is 13.3. The molecule has 2 aromatic carbocycles. The van der Waals surface area contributed by atoms with E-state index in [1.165, 1.54) is 11.3 Å². The van der Waals surface area contributed by atoms with E-state index >= 15 is 0 Å². The molecule has 4 rings (SSSR count). The Labute approximate surface area is 180 Å². The number of ether oxygens (including phenoxy) is 2. The second-order valence-corrected chi connectivity index (χ2v) is 8.09. The summed E-state index contributed by atoms with van der Waals surface area (Å²) >= 11 is 5.00. The fourth-order valence-corrected chi connectivity index (χ4v) is 4.26. The van der Waals surface area contributed by atoms with E-state index in [9.17, 15) is 4.79 Å². The maximum Gasteiger partial charge on any atom is 0.230 e. The number of rotatable bonds is 6. The maximum absolute atomic E-state index is 12.6. The first-order valence-electron chi connectivity index (χ1n) is 8.80. The molecule has 2 heterocycles. The molecular formula is C21H18BrN3O3S. The molecule has 1 amide bonds. The van der Waals surface area contributed by atoms with Gasteiger partial charge in [-0.2, -0.15) is 0 Å². The molecule has 0 aliphatic heterocycles. The van der Waals surface area contributed by atoms with Gasteiger partial charge in [0.15, 0.2) is 4.96 Å². The lowest BCUT2D eigenvalue weighted by Gasteiger charge is -2.09. The van der Waals surface area contributed by atoms with Crippen LogP contribution in [0.2, 0.25) is 0 Å². The number of nitrogens with zero attached hydrogens (tertiary/aromatic N) is 2. The molecular weight excluding hydrogens is 454 g/mol. The molecule has 0 aliphatic carbocycles. The van der Waals surface area contributed by atoms with E-state index in [0.717, 1.165) is 26.4 Å². The van der Waals surface area contributed by atoms with Gasteiger partial charge >= 0.3 is 0 Å². The van der Waals surface area contributed by atoms with Gasteiger partial charge in [-0.25, -0.2) is 4.98 Å². The summed E-state index contributed by atoms with van der Waals surface area (Å²) in [5.74, 6) is 1.11. The van der Waals surface area contributed by atoms with Gasteiger partial charge in [-0.15, -0.1) is 11.3 Å². The Kier molecular flexibility index (Phi) is 5.55. The van der Waals surface area contributed by atoms with E-state index in [2.05, 4.69) is 26.2 Å². The van der Waals surface area contributed by atoms with Crippen LogP contribution in [0.3, 0.4) is 0 Å². The van der Waals surface area contributed by atoms with E-state index in [1.807, 2.05) is 40.2 Å². The third-order valence-corrected chi connectivity index (χ3v) is 5.76. The largest absolute Gasteiger partial charge is 0.497 e. The summed E-state index contributed by atoms with van der Waals surface area (Å²) < 4.78 is 13.5. The average molecular weight is 472 g/mol. The Morgan fingerprint density at radius 3 is 2.62 bits per heavy atom. The van der Waals surface area contributed by atoms with Crippen LogP contribution in [-0.4, -0.2) is 29.5 Å². The second-order valence-electron chi connectivity index (χ2n) is 6.34. The van der Waals surface area contributed by atoms with Gasteiger partial charge < -0.3 is 14.8 Å². The molecule has 148 valence electrons. The molecule has 0 unspecified atom stereocenters. The first-order chi connectivity index (χ1) is 14.1. The van der Waals surface area contributed by atoms with Gasteiger partial charge in [0.25, 0.3) is 0 Å². The topological polar surface area (TPSA) is 64.9 Å². The smallest absolute Gasteiger partial charge is 0.230 e. The first kappa shape index (κ1) is 19.5. The number of fused-ring (bicyclic) bond motifs is 1. The van der Waals surface area contributed by atoms with Crippen LogP contribution in [0, 0.1) is 0 Å². The minimum atomic E-state index is -0.127. The number of hydrogen-bond acceptors (Lipinski definition) is 5. The summed E-state index contributed by atoms with van der Waals surface area (Å²) in [5, 5.41) is 4.86. The lowest BCUT2D eigenvalue weighted by atomic mass is 10.2. The van der Waals surface area contributed by atoms with Gasteiger partial charge in [0, 0.05) is 51.2 Å². The van der Waals surface area contributed by atoms with Crippen molar-refractivity contribution in [1.29, 1.82) is 0 Å². The molecule has 4 aromatic rings. The number of hydrogen-bond donors (Lipinski definition) is 1. The van der Waals surface area contributed by atoms with Crippen molar-refractivity contribution in [3.05, 3.63) is 64.2 Å². The predicted molar refractivity (Wildman–Crippen MR) is 118 cm³/mol. The number of anilines is 1. The molecule has 0 fully saturated rings. The second kappa shape index (κ2) is 8.26. The standard InChI is InChI=1S/C21H18BrN3O3S/c1-27-17-7-15(8-18(10-17)28-2)23-20(26)9-16-12-29-21-24-19(11-25(16)21)13-4-3-5-14(22)6-13/h3-8,10-12H,9H2,1-2H3,(H,23,26). The van der Waals surface area contributed by atoms with E-state index in [4.69, 9.17) is 9.47 Å². The monoisotopic (exact) mass is 471 g/mol. The highest BCUT2D eigenvalue weighted by Crippen LogP contribution is 2.27. The fraction of sp³-hybridized carbons (Fsp3) is 0.143. The normalized spacial score (nSPS) is 10.9. The number of nitrogens with one attached hydrogen (secondary N) is 1. The van der Waals surface area contributed by atoms with Gasteiger partial charge in [-0.05, 0) is 12.1 Å². The van der Waals surface area contributed by atoms with Crippen molar-refractivity contribution in [2.45, 2.75) is 6.42 Å². The Morgan fingerprint density at radius 1 is 1.17 bits per heavy atom. The Hall–Kier alpha value is -2.84. The lowest BCUT2D eigenvalue weighted by molar-refractivity contribution is -0.115. The van der Waals surface area contributed by atoms with Crippen molar-refractivity contribution < 1.29 is 14.3 Å². The van der Waals surface area contributed by atoms with Crippen molar-refractivity contribution >= 4 is 43.8 Å². The molecule has 0 bridgehead atoms. The summed E-state index contributed by atoms with van der Waals surface area (Å²) in [6.45, 7) is 0. The third kappa shape index (κ3) is 4.28. The molecule has 1 N–H and O–H groups in total. The molecule has 8 heteroatoms. The van der Waals surface area contributed by atoms with E-state index in [0.29, 0.717) is 17.2 Å². The number of amides is 1. The Morgan fingerprint density at radius 2 is 1.93 bits per heavy atom. The average Bonchev–Trinajstić information content (AvgIpc) is 3.29. The van der Waals surface area contributed by atoms with Crippen LogP contribution in [0.1, 0.15) is 5.69 Å². The quantitative estimate of drug-likeness (QED) is 0.428. The zero-order valence-electron chi connectivity index (χ0n) is 15.8. The minimum absolute atomic E-state index is 0.127. The van der Waals surface area contributed by atoms with Crippen molar-refractivity contribution in [3.8, 4) is 22.8 Å². The van der Waals surface area contributed by atoms with Crippen molar-refractivity contribution in [3.63, 3.8) is 0 Å². The fourth-order valence-electron chi connectivity index (χ4n) is 2.99. The number of methoxy groups -OCH3 is 2. The molecule has 29 heavy (non-hydrogen) atoms. The van der Waals surface area contributed by atoms with Crippen LogP contribution >= 0.6 is 27.3 Å². The number of halogens is 1. The SMILES string of the molecule is COc1cc(NC(=O)Cc2csc3nc(-c4cccc(Br)c4)cn23)cc(OC)c1. The summed E-state index contributed by atoms with van der Waals surface area (Å²) in [7, 11) is 3.15. The van der Waals surface area contributed by atoms with Crippen LogP contribution in [0.4, 0.5) is 5.69 Å².